The smallest absolute Gasteiger partial charge is 0.335 e. The topological polar surface area (TPSA) is 74.6 Å². The molecule has 0 aliphatic rings. The molecule has 0 radical (unpaired) electrons. The Balaban J connectivity index is 0.000000364. The van der Waals surface area contributed by atoms with Gasteiger partial charge in [-0.25, -0.2) is 9.59 Å². The molecule has 2 rings (SSSR count). The fourth-order valence-electron chi connectivity index (χ4n) is 1.18. The van der Waals surface area contributed by atoms with Crippen molar-refractivity contribution in [1.82, 2.24) is 0 Å². The van der Waals surface area contributed by atoms with Gasteiger partial charge in [0.25, 0.3) is 0 Å². The first-order valence-electron chi connectivity index (χ1n) is 5.38. The second-order valence-corrected chi connectivity index (χ2v) is 5.46. The summed E-state index contributed by atoms with van der Waals surface area (Å²) in [5, 5.41) is 16.9. The Labute approximate surface area is 151 Å². The van der Waals surface area contributed by atoms with Crippen LogP contribution in [-0.4, -0.2) is 22.2 Å². The number of benzene rings is 2. The molecule has 2 aromatic carbocycles. The summed E-state index contributed by atoms with van der Waals surface area (Å²) in [5.41, 5.74) is 0.617. The Morgan fingerprint density at radius 1 is 0.667 bits per heavy atom. The second-order valence-electron chi connectivity index (χ2n) is 3.62. The minimum absolute atomic E-state index is 0. The van der Waals surface area contributed by atoms with Gasteiger partial charge in [-0.05, 0) is 48.5 Å². The average molecular weight is 467 g/mol. The maximum Gasteiger partial charge on any atom is 0.335 e. The molecule has 21 heavy (non-hydrogen) atoms. The van der Waals surface area contributed by atoms with Gasteiger partial charge in [0.15, 0.2) is 0 Å². The number of carbonyl (C=O) groups is 2. The van der Waals surface area contributed by atoms with Crippen molar-refractivity contribution in [1.29, 1.82) is 0 Å². The zero-order valence-corrected chi connectivity index (χ0v) is 16.9. The second kappa shape index (κ2) is 9.82. The number of rotatable bonds is 2. The van der Waals surface area contributed by atoms with Gasteiger partial charge in [0, 0.05) is 28.4 Å². The molecule has 2 N–H and O–H groups in total. The van der Waals surface area contributed by atoms with Gasteiger partial charge < -0.3 is 10.2 Å². The van der Waals surface area contributed by atoms with E-state index >= 15 is 0 Å². The van der Waals surface area contributed by atoms with E-state index in [9.17, 15) is 9.59 Å². The van der Waals surface area contributed by atoms with Crippen molar-refractivity contribution in [2.75, 3.05) is 0 Å². The first-order valence-corrected chi connectivity index (χ1v) is 6.96. The molecule has 0 spiro atoms. The van der Waals surface area contributed by atoms with Crippen molar-refractivity contribution in [3.05, 3.63) is 68.6 Å². The molecule has 0 saturated carbocycles. The number of aromatic carboxylic acids is 2. The van der Waals surface area contributed by atoms with Crippen molar-refractivity contribution in [2.45, 2.75) is 0 Å². The number of hydrogen-bond donors (Lipinski definition) is 2. The van der Waals surface area contributed by atoms with Crippen LogP contribution in [0.1, 0.15) is 20.7 Å². The van der Waals surface area contributed by atoms with E-state index in [-0.39, 0.29) is 19.5 Å². The molecule has 0 amide bonds. The Morgan fingerprint density at radius 3 is 1.10 bits per heavy atom. The molecule has 4 nitrogen and oxygen atoms in total. The van der Waals surface area contributed by atoms with Crippen molar-refractivity contribution >= 4 is 43.8 Å². The third-order valence-corrected chi connectivity index (χ3v) is 3.24. The van der Waals surface area contributed by atoms with Crippen molar-refractivity contribution in [2.24, 2.45) is 0 Å². The summed E-state index contributed by atoms with van der Waals surface area (Å²) in [7, 11) is 0. The van der Waals surface area contributed by atoms with E-state index in [4.69, 9.17) is 10.2 Å². The van der Waals surface area contributed by atoms with Crippen LogP contribution < -0.4 is 0 Å². The van der Waals surface area contributed by atoms with E-state index in [1.54, 1.807) is 48.5 Å². The summed E-state index contributed by atoms with van der Waals surface area (Å²) in [6.45, 7) is 0. The molecule has 0 bridgehead atoms. The Kier molecular flexibility index (Phi) is 9.33. The van der Waals surface area contributed by atoms with E-state index in [0.29, 0.717) is 11.1 Å². The molecular formula is C14H10Br2O4Zn. The Morgan fingerprint density at radius 2 is 0.905 bits per heavy atom. The van der Waals surface area contributed by atoms with E-state index in [0.717, 1.165) is 8.95 Å². The predicted octanol–water partition coefficient (Wildman–Crippen LogP) is 4.29. The van der Waals surface area contributed by atoms with Crippen LogP contribution in [-0.2, 0) is 19.5 Å². The maximum atomic E-state index is 10.3. The number of halogens is 2. The first kappa shape index (κ1) is 20.0. The normalized spacial score (nSPS) is 8.86. The van der Waals surface area contributed by atoms with Crippen LogP contribution in [0.15, 0.2) is 57.5 Å². The number of carboxylic acid groups (broad SMARTS) is 2. The zero-order valence-electron chi connectivity index (χ0n) is 10.8. The van der Waals surface area contributed by atoms with Crippen LogP contribution in [0.25, 0.3) is 0 Å². The summed E-state index contributed by atoms with van der Waals surface area (Å²) >= 11 is 6.40. The van der Waals surface area contributed by atoms with Crippen LogP contribution in [0.5, 0.6) is 0 Å². The van der Waals surface area contributed by atoms with Crippen LogP contribution in [0.2, 0.25) is 0 Å². The molecule has 7 heteroatoms. The molecule has 0 aliphatic heterocycles. The predicted molar refractivity (Wildman–Crippen MR) is 82.2 cm³/mol. The maximum absolute atomic E-state index is 10.3. The van der Waals surface area contributed by atoms with E-state index < -0.39 is 11.9 Å². The average Bonchev–Trinajstić information content (AvgIpc) is 2.40. The summed E-state index contributed by atoms with van der Waals surface area (Å²) < 4.78 is 1.77. The van der Waals surface area contributed by atoms with Gasteiger partial charge in [-0.15, -0.1) is 0 Å². The fraction of sp³-hybridized carbons (Fsp3) is 0. The van der Waals surface area contributed by atoms with Gasteiger partial charge in [-0.2, -0.15) is 0 Å². The third kappa shape index (κ3) is 7.51. The molecule has 0 heterocycles. The van der Waals surface area contributed by atoms with E-state index in [1.807, 2.05) is 0 Å². The SMILES string of the molecule is O=C(O)c1ccc(Br)cc1.O=C(O)c1ccc(Br)cc1.[Zn]. The van der Waals surface area contributed by atoms with Crippen LogP contribution in [0, 0.1) is 0 Å². The zero-order chi connectivity index (χ0) is 15.1. The summed E-state index contributed by atoms with van der Waals surface area (Å²) in [6.07, 6.45) is 0. The van der Waals surface area contributed by atoms with Gasteiger partial charge in [0.2, 0.25) is 0 Å². The molecule has 0 aliphatic carbocycles. The first-order chi connectivity index (χ1) is 9.40. The largest absolute Gasteiger partial charge is 0.478 e. The molecule has 0 unspecified atom stereocenters. The number of carboxylic acids is 2. The van der Waals surface area contributed by atoms with Gasteiger partial charge in [-0.3, -0.25) is 0 Å². The standard InChI is InChI=1S/2C7H5BrO2.Zn/c2*8-6-3-1-5(2-4-6)7(9)10;/h2*1-4H,(H,9,10);. The Bertz CT molecular complexity index is 542. The summed E-state index contributed by atoms with van der Waals surface area (Å²) in [5.74, 6) is -1.79. The van der Waals surface area contributed by atoms with E-state index in [2.05, 4.69) is 31.9 Å². The van der Waals surface area contributed by atoms with Crippen LogP contribution in [0.3, 0.4) is 0 Å². The molecule has 106 valence electrons. The fourth-order valence-corrected chi connectivity index (χ4v) is 1.71. The summed E-state index contributed by atoms with van der Waals surface area (Å²) in [6, 6.07) is 13.0. The number of hydrogen-bond acceptors (Lipinski definition) is 2. The van der Waals surface area contributed by atoms with Gasteiger partial charge in [-0.1, -0.05) is 31.9 Å². The summed E-state index contributed by atoms with van der Waals surface area (Å²) in [4.78, 5) is 20.6. The molecular weight excluding hydrogens is 457 g/mol. The molecule has 0 fully saturated rings. The van der Waals surface area contributed by atoms with Gasteiger partial charge in [0.1, 0.15) is 0 Å². The minimum Gasteiger partial charge on any atom is -0.478 e. The monoisotopic (exact) mass is 464 g/mol. The molecule has 0 saturated heterocycles. The minimum atomic E-state index is -0.896. The van der Waals surface area contributed by atoms with Crippen molar-refractivity contribution in [3.63, 3.8) is 0 Å². The van der Waals surface area contributed by atoms with Crippen LogP contribution >= 0.6 is 31.9 Å². The van der Waals surface area contributed by atoms with Crippen molar-refractivity contribution < 1.29 is 39.3 Å². The van der Waals surface area contributed by atoms with Gasteiger partial charge >= 0.3 is 11.9 Å². The van der Waals surface area contributed by atoms with Crippen LogP contribution in [0.4, 0.5) is 0 Å². The molecule has 0 aromatic heterocycles. The quantitative estimate of drug-likeness (QED) is 0.647. The van der Waals surface area contributed by atoms with E-state index in [1.165, 1.54) is 0 Å². The molecule has 2 aromatic rings. The third-order valence-electron chi connectivity index (χ3n) is 2.18. The van der Waals surface area contributed by atoms with Crippen molar-refractivity contribution in [3.8, 4) is 0 Å². The molecule has 0 atom stereocenters. The van der Waals surface area contributed by atoms with Gasteiger partial charge in [0.05, 0.1) is 11.1 Å². The Hall–Kier alpha value is -1.04.